The molecule has 7 heteroatoms. The second kappa shape index (κ2) is 3.96. The van der Waals surface area contributed by atoms with E-state index in [-0.39, 0.29) is 10.9 Å². The van der Waals surface area contributed by atoms with E-state index in [1.165, 1.54) is 18.9 Å². The van der Waals surface area contributed by atoms with E-state index in [0.29, 0.717) is 5.69 Å². The van der Waals surface area contributed by atoms with Gasteiger partial charge in [0, 0.05) is 28.3 Å². The molecule has 0 aliphatic rings. The Morgan fingerprint density at radius 1 is 1.13 bits per heavy atom. The van der Waals surface area contributed by atoms with E-state index in [1.807, 2.05) is 0 Å². The Balaban J connectivity index is 3.58. The summed E-state index contributed by atoms with van der Waals surface area (Å²) in [6.45, 7) is 1.70. The maximum atomic E-state index is 12.1. The Labute approximate surface area is 87.9 Å². The van der Waals surface area contributed by atoms with E-state index >= 15 is 0 Å². The largest absolute Gasteiger partial charge is 0.368 e. The number of hydrogen-bond donors (Lipinski definition) is 0. The molecule has 15 heavy (non-hydrogen) atoms. The molecule has 1 aromatic heterocycles. The quantitative estimate of drug-likeness (QED) is 0.698. The van der Waals surface area contributed by atoms with Gasteiger partial charge in [-0.1, -0.05) is 0 Å². The molecular weight excluding hydrogens is 219 g/mol. The van der Waals surface area contributed by atoms with E-state index < -0.39 is 7.60 Å². The highest BCUT2D eigenvalue weighted by atomic mass is 31.2. The number of aromatic nitrogens is 2. The van der Waals surface area contributed by atoms with E-state index in [9.17, 15) is 9.36 Å². The standard InChI is InChI=1S/C8H15N2O4P/c1-6-7(15(12,13-4)14-5)8(11)10(3)9(6)2/h1-5H3. The van der Waals surface area contributed by atoms with Gasteiger partial charge in [-0.25, -0.2) is 0 Å². The van der Waals surface area contributed by atoms with Crippen LogP contribution < -0.4 is 10.9 Å². The minimum atomic E-state index is -3.47. The fourth-order valence-corrected chi connectivity index (χ4v) is 2.83. The van der Waals surface area contributed by atoms with Crippen LogP contribution in [0.2, 0.25) is 0 Å². The number of hydrogen-bond acceptors (Lipinski definition) is 4. The second-order valence-electron chi connectivity index (χ2n) is 3.15. The summed E-state index contributed by atoms with van der Waals surface area (Å²) in [5.74, 6) is 0. The van der Waals surface area contributed by atoms with E-state index in [0.717, 1.165) is 0 Å². The van der Waals surface area contributed by atoms with Crippen molar-refractivity contribution in [2.24, 2.45) is 14.1 Å². The van der Waals surface area contributed by atoms with Crippen LogP contribution in [0.4, 0.5) is 0 Å². The topological polar surface area (TPSA) is 62.5 Å². The molecule has 0 atom stereocenters. The van der Waals surface area contributed by atoms with Gasteiger partial charge in [0.05, 0.1) is 5.69 Å². The Hall–Kier alpha value is -0.840. The Morgan fingerprint density at radius 2 is 1.60 bits per heavy atom. The van der Waals surface area contributed by atoms with Crippen molar-refractivity contribution >= 4 is 12.9 Å². The van der Waals surface area contributed by atoms with Crippen molar-refractivity contribution in [2.45, 2.75) is 6.92 Å². The first kappa shape index (κ1) is 12.2. The summed E-state index contributed by atoms with van der Waals surface area (Å²) in [4.78, 5) is 11.8. The van der Waals surface area contributed by atoms with Crippen molar-refractivity contribution in [3.8, 4) is 0 Å². The number of nitrogens with zero attached hydrogens (tertiary/aromatic N) is 2. The molecule has 0 saturated heterocycles. The Bertz CT molecular complexity index is 466. The minimum Gasteiger partial charge on any atom is -0.308 e. The molecule has 6 nitrogen and oxygen atoms in total. The van der Waals surface area contributed by atoms with E-state index in [2.05, 4.69) is 0 Å². The maximum absolute atomic E-state index is 12.1. The van der Waals surface area contributed by atoms with Gasteiger partial charge >= 0.3 is 7.60 Å². The summed E-state index contributed by atoms with van der Waals surface area (Å²) < 4.78 is 24.7. The van der Waals surface area contributed by atoms with Gasteiger partial charge in [-0.15, -0.1) is 0 Å². The summed E-state index contributed by atoms with van der Waals surface area (Å²) in [6, 6.07) is 0. The monoisotopic (exact) mass is 234 g/mol. The molecule has 0 fully saturated rings. The van der Waals surface area contributed by atoms with Crippen molar-refractivity contribution in [2.75, 3.05) is 14.2 Å². The summed E-state index contributed by atoms with van der Waals surface area (Å²) in [7, 11) is 2.35. The molecule has 0 aliphatic heterocycles. The minimum absolute atomic E-state index is 0.0949. The lowest BCUT2D eigenvalue weighted by Crippen LogP contribution is -2.28. The normalized spacial score (nSPS) is 12.1. The lowest BCUT2D eigenvalue weighted by molar-refractivity contribution is 0.287. The summed E-state index contributed by atoms with van der Waals surface area (Å²) in [5, 5.41) is 0.0949. The zero-order chi connectivity index (χ0) is 11.8. The molecule has 0 bridgehead atoms. The van der Waals surface area contributed by atoms with Crippen LogP contribution in [0.3, 0.4) is 0 Å². The molecule has 1 aromatic rings. The Morgan fingerprint density at radius 3 is 1.87 bits per heavy atom. The fraction of sp³-hybridized carbons (Fsp3) is 0.625. The highest BCUT2D eigenvalue weighted by Crippen LogP contribution is 2.44. The van der Waals surface area contributed by atoms with Gasteiger partial charge < -0.3 is 9.05 Å². The van der Waals surface area contributed by atoms with Crippen LogP contribution in [-0.2, 0) is 27.7 Å². The van der Waals surface area contributed by atoms with Gasteiger partial charge in [-0.2, -0.15) is 0 Å². The average Bonchev–Trinajstić information content (AvgIpc) is 2.43. The highest BCUT2D eigenvalue weighted by Gasteiger charge is 2.33. The van der Waals surface area contributed by atoms with Gasteiger partial charge in [0.2, 0.25) is 0 Å². The van der Waals surface area contributed by atoms with Gasteiger partial charge in [-0.05, 0) is 6.92 Å². The lowest BCUT2D eigenvalue weighted by Gasteiger charge is -2.11. The van der Waals surface area contributed by atoms with Crippen LogP contribution in [0.15, 0.2) is 4.79 Å². The molecule has 0 saturated carbocycles. The van der Waals surface area contributed by atoms with Crippen LogP contribution in [0, 0.1) is 6.92 Å². The second-order valence-corrected chi connectivity index (χ2v) is 5.32. The SMILES string of the molecule is COP(=O)(OC)c1c(C)n(C)n(C)c1=O. The zero-order valence-corrected chi connectivity index (χ0v) is 10.4. The van der Waals surface area contributed by atoms with Gasteiger partial charge in [0.15, 0.2) is 5.30 Å². The molecule has 0 unspecified atom stereocenters. The van der Waals surface area contributed by atoms with E-state index in [4.69, 9.17) is 9.05 Å². The lowest BCUT2D eigenvalue weighted by atomic mass is 10.5. The molecule has 1 rings (SSSR count). The summed E-state index contributed by atoms with van der Waals surface area (Å²) in [6.07, 6.45) is 0. The van der Waals surface area contributed by atoms with E-state index in [1.54, 1.807) is 25.7 Å². The third-order valence-electron chi connectivity index (χ3n) is 2.53. The highest BCUT2D eigenvalue weighted by molar-refractivity contribution is 7.62. The van der Waals surface area contributed by atoms with Crippen LogP contribution in [0.1, 0.15) is 5.69 Å². The molecule has 0 amide bonds. The molecule has 0 spiro atoms. The molecule has 0 aliphatic carbocycles. The van der Waals surface area contributed by atoms with Crippen molar-refractivity contribution in [3.05, 3.63) is 16.0 Å². The predicted octanol–water partition coefficient (Wildman–Crippen LogP) is 0.143. The molecule has 0 radical (unpaired) electrons. The first-order chi connectivity index (χ1) is 6.89. The smallest absolute Gasteiger partial charge is 0.308 e. The third-order valence-corrected chi connectivity index (χ3v) is 4.55. The van der Waals surface area contributed by atoms with Crippen molar-refractivity contribution in [3.63, 3.8) is 0 Å². The summed E-state index contributed by atoms with van der Waals surface area (Å²) >= 11 is 0. The molecule has 0 N–H and O–H groups in total. The molecule has 86 valence electrons. The van der Waals surface area contributed by atoms with Crippen molar-refractivity contribution in [1.82, 2.24) is 9.36 Å². The summed E-state index contributed by atoms with van der Waals surface area (Å²) in [5.41, 5.74) is 0.219. The predicted molar refractivity (Wildman–Crippen MR) is 56.6 cm³/mol. The maximum Gasteiger partial charge on any atom is 0.368 e. The van der Waals surface area contributed by atoms with Gasteiger partial charge in [0.1, 0.15) is 0 Å². The first-order valence-electron chi connectivity index (χ1n) is 4.33. The fourth-order valence-electron chi connectivity index (χ4n) is 1.39. The molecular formula is C8H15N2O4P. The third kappa shape index (κ3) is 1.69. The van der Waals surface area contributed by atoms with Crippen LogP contribution in [0.5, 0.6) is 0 Å². The van der Waals surface area contributed by atoms with Crippen molar-refractivity contribution < 1.29 is 13.6 Å². The van der Waals surface area contributed by atoms with Crippen LogP contribution in [0.25, 0.3) is 0 Å². The molecule has 1 heterocycles. The van der Waals surface area contributed by atoms with Crippen LogP contribution in [-0.4, -0.2) is 23.6 Å². The zero-order valence-electron chi connectivity index (χ0n) is 9.47. The van der Waals surface area contributed by atoms with Crippen molar-refractivity contribution in [1.29, 1.82) is 0 Å². The van der Waals surface area contributed by atoms with Gasteiger partial charge in [0.25, 0.3) is 5.56 Å². The van der Waals surface area contributed by atoms with Gasteiger partial charge in [-0.3, -0.25) is 18.7 Å². The molecule has 0 aromatic carbocycles. The number of rotatable bonds is 3. The first-order valence-corrected chi connectivity index (χ1v) is 5.88. The Kier molecular flexibility index (Phi) is 3.23. The van der Waals surface area contributed by atoms with Crippen LogP contribution >= 0.6 is 7.60 Å². The average molecular weight is 234 g/mol.